The van der Waals surface area contributed by atoms with Crippen molar-refractivity contribution in [3.05, 3.63) is 47.8 Å². The van der Waals surface area contributed by atoms with Crippen LogP contribution in [-0.4, -0.2) is 36.6 Å². The second-order valence-electron chi connectivity index (χ2n) is 6.29. The Labute approximate surface area is 149 Å². The van der Waals surface area contributed by atoms with Gasteiger partial charge in [-0.25, -0.2) is 4.98 Å². The quantitative estimate of drug-likeness (QED) is 0.487. The van der Waals surface area contributed by atoms with E-state index in [9.17, 15) is 0 Å². The van der Waals surface area contributed by atoms with Crippen molar-refractivity contribution in [2.45, 2.75) is 13.3 Å². The van der Waals surface area contributed by atoms with Crippen LogP contribution in [0, 0.1) is 6.92 Å². The monoisotopic (exact) mass is 348 g/mol. The number of rotatable bonds is 2. The topological polar surface area (TPSA) is 83.8 Å². The van der Waals surface area contributed by atoms with Crippen LogP contribution in [0.2, 0.25) is 0 Å². The van der Waals surface area contributed by atoms with E-state index in [0.717, 1.165) is 34.0 Å². The molecule has 8 nitrogen and oxygen atoms in total. The van der Waals surface area contributed by atoms with E-state index in [2.05, 4.69) is 24.8 Å². The largest absolute Gasteiger partial charge is 0.497 e. The normalized spacial score (nSPS) is 12.3. The Morgan fingerprint density at radius 2 is 2.12 bits per heavy atom. The molecule has 0 radical (unpaired) electrons. The first-order valence-corrected chi connectivity index (χ1v) is 8.22. The molecule has 0 aliphatic carbocycles. The molecule has 0 amide bonds. The van der Waals surface area contributed by atoms with E-state index in [1.165, 1.54) is 0 Å². The van der Waals surface area contributed by atoms with Crippen LogP contribution < -0.4 is 4.74 Å². The molecular formula is C18H16N6O2. The lowest BCUT2D eigenvalue weighted by Crippen LogP contribution is -2.00. The summed E-state index contributed by atoms with van der Waals surface area (Å²) in [5, 5.41) is 8.57. The van der Waals surface area contributed by atoms with E-state index >= 15 is 0 Å². The molecule has 130 valence electrons. The first-order chi connectivity index (χ1) is 12.6. The number of aryl methyl sites for hydroxylation is 2. The van der Waals surface area contributed by atoms with Crippen LogP contribution in [0.3, 0.4) is 0 Å². The van der Waals surface area contributed by atoms with Gasteiger partial charge in [-0.15, -0.1) is 0 Å². The van der Waals surface area contributed by atoms with Gasteiger partial charge in [0.2, 0.25) is 0 Å². The number of aromatic nitrogens is 6. The van der Waals surface area contributed by atoms with Crippen molar-refractivity contribution in [1.29, 1.82) is 0 Å². The van der Waals surface area contributed by atoms with Gasteiger partial charge in [0.15, 0.2) is 11.5 Å². The maximum Gasteiger partial charge on any atom is 0.278 e. The van der Waals surface area contributed by atoms with Crippen molar-refractivity contribution in [1.82, 2.24) is 29.5 Å². The minimum absolute atomic E-state index is 0.429. The summed E-state index contributed by atoms with van der Waals surface area (Å²) in [4.78, 5) is 8.89. The van der Waals surface area contributed by atoms with Gasteiger partial charge in [-0.05, 0) is 25.1 Å². The van der Waals surface area contributed by atoms with Crippen molar-refractivity contribution in [2.75, 3.05) is 7.11 Å². The number of fused-ring (bicyclic) bond motifs is 5. The fraction of sp³-hybridized carbons (Fsp3) is 0.222. The number of benzene rings is 1. The van der Waals surface area contributed by atoms with Crippen LogP contribution >= 0.6 is 0 Å². The average Bonchev–Trinajstić information content (AvgIpc) is 3.32. The lowest BCUT2D eigenvalue weighted by molar-refractivity contribution is 0.415. The van der Waals surface area contributed by atoms with Crippen LogP contribution in [0.4, 0.5) is 0 Å². The van der Waals surface area contributed by atoms with Gasteiger partial charge in [-0.3, -0.25) is 4.68 Å². The fourth-order valence-corrected chi connectivity index (χ4v) is 3.44. The molecule has 0 saturated heterocycles. The summed E-state index contributed by atoms with van der Waals surface area (Å²) in [6, 6.07) is 5.96. The second kappa shape index (κ2) is 5.29. The van der Waals surface area contributed by atoms with Crippen molar-refractivity contribution >= 4 is 0 Å². The van der Waals surface area contributed by atoms with Crippen LogP contribution in [0.15, 0.2) is 35.2 Å². The Hall–Kier alpha value is -3.42. The Kier molecular flexibility index (Phi) is 3.03. The summed E-state index contributed by atoms with van der Waals surface area (Å²) >= 11 is 0. The first-order valence-electron chi connectivity index (χ1n) is 8.22. The Balaban J connectivity index is 1.80. The van der Waals surface area contributed by atoms with E-state index in [0.29, 0.717) is 23.8 Å². The third kappa shape index (κ3) is 2.08. The molecular weight excluding hydrogens is 332 g/mol. The first kappa shape index (κ1) is 14.9. The molecule has 1 aromatic carbocycles. The summed E-state index contributed by atoms with van der Waals surface area (Å²) in [5.41, 5.74) is 5.74. The lowest BCUT2D eigenvalue weighted by atomic mass is 10.0. The Bertz CT molecular complexity index is 1140. The average molecular weight is 348 g/mol. The van der Waals surface area contributed by atoms with Gasteiger partial charge in [-0.1, -0.05) is 5.16 Å². The highest BCUT2D eigenvalue weighted by Crippen LogP contribution is 2.38. The van der Waals surface area contributed by atoms with Crippen molar-refractivity contribution < 1.29 is 9.26 Å². The molecule has 1 aliphatic heterocycles. The summed E-state index contributed by atoms with van der Waals surface area (Å²) in [6.45, 7) is 1.79. The zero-order chi connectivity index (χ0) is 17.8. The molecule has 5 rings (SSSR count). The number of hydrogen-bond donors (Lipinski definition) is 0. The summed E-state index contributed by atoms with van der Waals surface area (Å²) in [5.74, 6) is 1.80. The molecule has 4 heterocycles. The highest BCUT2D eigenvalue weighted by atomic mass is 16.5. The minimum atomic E-state index is 0.429. The molecule has 0 atom stereocenters. The van der Waals surface area contributed by atoms with Crippen LogP contribution in [0.25, 0.3) is 28.5 Å². The second-order valence-corrected chi connectivity index (χ2v) is 6.29. The van der Waals surface area contributed by atoms with E-state index in [-0.39, 0.29) is 0 Å². The van der Waals surface area contributed by atoms with Crippen molar-refractivity contribution in [2.24, 2.45) is 7.05 Å². The highest BCUT2D eigenvalue weighted by Gasteiger charge is 2.27. The number of ether oxygens (including phenoxy) is 1. The smallest absolute Gasteiger partial charge is 0.278 e. The molecule has 3 aromatic heterocycles. The molecule has 4 aromatic rings. The van der Waals surface area contributed by atoms with Crippen LogP contribution in [0.5, 0.6) is 5.75 Å². The van der Waals surface area contributed by atoms with E-state index in [4.69, 9.17) is 9.26 Å². The standard InChI is InChI=1S/C18H16N6O2/c1-10-20-18(26-22-10)17-15-6-11-8-23(2)21-16(11)13-7-12(25-3)4-5-14(13)24(15)9-19-17/h4-5,7-9H,6H2,1-3H3. The van der Waals surface area contributed by atoms with E-state index in [1.54, 1.807) is 20.4 Å². The van der Waals surface area contributed by atoms with Gasteiger partial charge in [0, 0.05) is 30.8 Å². The van der Waals surface area contributed by atoms with Gasteiger partial charge in [-0.2, -0.15) is 10.1 Å². The maximum absolute atomic E-state index is 5.42. The molecule has 0 saturated carbocycles. The Morgan fingerprint density at radius 1 is 1.23 bits per heavy atom. The molecule has 0 fully saturated rings. The molecule has 8 heteroatoms. The Morgan fingerprint density at radius 3 is 2.88 bits per heavy atom. The molecule has 1 aliphatic rings. The molecule has 0 N–H and O–H groups in total. The number of hydrogen-bond acceptors (Lipinski definition) is 6. The minimum Gasteiger partial charge on any atom is -0.497 e. The number of methoxy groups -OCH3 is 1. The third-order valence-corrected chi connectivity index (χ3v) is 4.58. The van der Waals surface area contributed by atoms with Crippen LogP contribution in [-0.2, 0) is 13.5 Å². The van der Waals surface area contributed by atoms with Crippen molar-refractivity contribution in [3.63, 3.8) is 0 Å². The fourth-order valence-electron chi connectivity index (χ4n) is 3.44. The summed E-state index contributed by atoms with van der Waals surface area (Å²) in [7, 11) is 3.59. The predicted octanol–water partition coefficient (Wildman–Crippen LogP) is 2.54. The zero-order valence-corrected chi connectivity index (χ0v) is 14.6. The molecule has 0 bridgehead atoms. The van der Waals surface area contributed by atoms with E-state index < -0.39 is 0 Å². The summed E-state index contributed by atoms with van der Waals surface area (Å²) < 4.78 is 14.7. The van der Waals surface area contributed by atoms with Crippen molar-refractivity contribution in [3.8, 4) is 34.3 Å². The van der Waals surface area contributed by atoms with E-state index in [1.807, 2.05) is 36.1 Å². The SMILES string of the molecule is COc1ccc2c(c1)-c1nn(C)cc1Cc1c(-c3nc(C)no3)ncn1-2. The molecule has 0 unspecified atom stereocenters. The van der Waals surface area contributed by atoms with Gasteiger partial charge < -0.3 is 13.8 Å². The number of nitrogens with zero attached hydrogens (tertiary/aromatic N) is 6. The lowest BCUT2D eigenvalue weighted by Gasteiger charge is -2.11. The maximum atomic E-state index is 5.42. The zero-order valence-electron chi connectivity index (χ0n) is 14.6. The van der Waals surface area contributed by atoms with Crippen LogP contribution in [0.1, 0.15) is 17.1 Å². The van der Waals surface area contributed by atoms with Gasteiger partial charge >= 0.3 is 0 Å². The number of imidazole rings is 1. The molecule has 0 spiro atoms. The predicted molar refractivity (Wildman–Crippen MR) is 93.2 cm³/mol. The van der Waals surface area contributed by atoms with Gasteiger partial charge in [0.25, 0.3) is 5.89 Å². The third-order valence-electron chi connectivity index (χ3n) is 4.58. The molecule has 26 heavy (non-hydrogen) atoms. The van der Waals surface area contributed by atoms with Gasteiger partial charge in [0.1, 0.15) is 12.1 Å². The van der Waals surface area contributed by atoms with Gasteiger partial charge in [0.05, 0.1) is 24.2 Å². The summed E-state index contributed by atoms with van der Waals surface area (Å²) in [6.07, 6.45) is 4.49. The highest BCUT2D eigenvalue weighted by molar-refractivity contribution is 5.77.